The fourth-order valence-corrected chi connectivity index (χ4v) is 3.06. The Morgan fingerprint density at radius 1 is 1.35 bits per heavy atom. The summed E-state index contributed by atoms with van der Waals surface area (Å²) in [6.07, 6.45) is 2.34. The summed E-state index contributed by atoms with van der Waals surface area (Å²) in [6.45, 7) is 11.8. The lowest BCUT2D eigenvalue weighted by Gasteiger charge is -2.39. The molecule has 0 radical (unpaired) electrons. The number of carbonyl (C=O) groups is 1. The summed E-state index contributed by atoms with van der Waals surface area (Å²) in [4.78, 5) is 14.7. The van der Waals surface area contributed by atoms with Crippen LogP contribution in [-0.2, 0) is 4.79 Å². The second kappa shape index (κ2) is 4.60. The van der Waals surface area contributed by atoms with Gasteiger partial charge in [0.2, 0.25) is 5.91 Å². The van der Waals surface area contributed by atoms with Crippen LogP contribution >= 0.6 is 0 Å². The average Bonchev–Trinajstić information content (AvgIpc) is 2.60. The molecule has 1 N–H and O–H groups in total. The van der Waals surface area contributed by atoms with Crippen LogP contribution in [0.2, 0.25) is 0 Å². The number of nitrogens with one attached hydrogen (secondary N) is 1. The molecule has 2 rings (SSSR count). The summed E-state index contributed by atoms with van der Waals surface area (Å²) in [6, 6.07) is 0.436. The molecule has 1 amide bonds. The number of amides is 1. The van der Waals surface area contributed by atoms with Crippen LogP contribution in [0.4, 0.5) is 0 Å². The maximum Gasteiger partial charge on any atom is 0.226 e. The molecular formula is C14H26N2O. The molecule has 0 aromatic carbocycles. The van der Waals surface area contributed by atoms with E-state index in [0.717, 1.165) is 19.6 Å². The zero-order chi connectivity index (χ0) is 12.6. The van der Waals surface area contributed by atoms with Gasteiger partial charge in [-0.3, -0.25) is 4.79 Å². The van der Waals surface area contributed by atoms with Gasteiger partial charge in [0.15, 0.2) is 0 Å². The fourth-order valence-electron chi connectivity index (χ4n) is 3.06. The molecule has 0 bridgehead atoms. The summed E-state index contributed by atoms with van der Waals surface area (Å²) in [5, 5.41) is 3.26. The maximum absolute atomic E-state index is 12.5. The van der Waals surface area contributed by atoms with E-state index in [4.69, 9.17) is 0 Å². The molecule has 98 valence electrons. The Balaban J connectivity index is 2.02. The average molecular weight is 238 g/mol. The quantitative estimate of drug-likeness (QED) is 0.796. The van der Waals surface area contributed by atoms with Crippen molar-refractivity contribution in [2.75, 3.05) is 19.6 Å². The van der Waals surface area contributed by atoms with E-state index in [-0.39, 0.29) is 11.3 Å². The van der Waals surface area contributed by atoms with Gasteiger partial charge in [-0.25, -0.2) is 0 Å². The highest BCUT2D eigenvalue weighted by Crippen LogP contribution is 2.34. The maximum atomic E-state index is 12.5. The molecule has 3 heteroatoms. The van der Waals surface area contributed by atoms with Crippen molar-refractivity contribution in [2.24, 2.45) is 17.3 Å². The van der Waals surface area contributed by atoms with Gasteiger partial charge < -0.3 is 10.2 Å². The Bertz CT molecular complexity index is 291. The topological polar surface area (TPSA) is 32.3 Å². The van der Waals surface area contributed by atoms with Gasteiger partial charge in [-0.05, 0) is 37.3 Å². The van der Waals surface area contributed by atoms with Crippen LogP contribution in [0.3, 0.4) is 0 Å². The van der Waals surface area contributed by atoms with Crippen molar-refractivity contribution in [3.8, 4) is 0 Å². The normalized spacial score (nSPS) is 28.0. The third-order valence-electron chi connectivity index (χ3n) is 4.45. The van der Waals surface area contributed by atoms with E-state index in [1.165, 1.54) is 12.8 Å². The Morgan fingerprint density at radius 3 is 2.47 bits per heavy atom. The first-order chi connectivity index (χ1) is 7.91. The molecule has 0 aliphatic carbocycles. The molecule has 3 nitrogen and oxygen atoms in total. The van der Waals surface area contributed by atoms with Gasteiger partial charge in [-0.1, -0.05) is 27.7 Å². The highest BCUT2D eigenvalue weighted by molar-refractivity contribution is 5.79. The standard InChI is InChI=1S/C14H26N2O/c1-10(11-8-15-9-11)13(17)16-7-5-6-12(16)14(2,3)4/h10-12,15H,5-9H2,1-4H3. The van der Waals surface area contributed by atoms with Gasteiger partial charge in [0.1, 0.15) is 0 Å². The van der Waals surface area contributed by atoms with Gasteiger partial charge in [0.25, 0.3) is 0 Å². The molecule has 2 saturated heterocycles. The summed E-state index contributed by atoms with van der Waals surface area (Å²) in [5.74, 6) is 1.14. The first-order valence-corrected chi connectivity index (χ1v) is 6.92. The van der Waals surface area contributed by atoms with E-state index in [1.807, 2.05) is 0 Å². The van der Waals surface area contributed by atoms with E-state index >= 15 is 0 Å². The van der Waals surface area contributed by atoms with Gasteiger partial charge in [-0.2, -0.15) is 0 Å². The number of rotatable bonds is 2. The monoisotopic (exact) mass is 238 g/mol. The highest BCUT2D eigenvalue weighted by atomic mass is 16.2. The third kappa shape index (κ3) is 2.49. The second-order valence-electron chi connectivity index (χ2n) is 6.76. The molecule has 2 fully saturated rings. The molecule has 0 saturated carbocycles. The zero-order valence-corrected chi connectivity index (χ0v) is 11.6. The molecule has 0 aromatic rings. The largest absolute Gasteiger partial charge is 0.339 e. The van der Waals surface area contributed by atoms with Crippen molar-refractivity contribution in [3.63, 3.8) is 0 Å². The number of nitrogens with zero attached hydrogens (tertiary/aromatic N) is 1. The van der Waals surface area contributed by atoms with Crippen LogP contribution in [0.15, 0.2) is 0 Å². The minimum Gasteiger partial charge on any atom is -0.339 e. The van der Waals surface area contributed by atoms with Crippen molar-refractivity contribution in [1.82, 2.24) is 10.2 Å². The fraction of sp³-hybridized carbons (Fsp3) is 0.929. The molecule has 2 unspecified atom stereocenters. The van der Waals surface area contributed by atoms with E-state index in [1.54, 1.807) is 0 Å². The summed E-state index contributed by atoms with van der Waals surface area (Å²) >= 11 is 0. The molecule has 2 atom stereocenters. The van der Waals surface area contributed by atoms with Crippen LogP contribution in [0.25, 0.3) is 0 Å². The molecule has 2 aliphatic heterocycles. The number of hydrogen-bond donors (Lipinski definition) is 1. The van der Waals surface area contributed by atoms with Crippen molar-refractivity contribution in [1.29, 1.82) is 0 Å². The number of carbonyl (C=O) groups excluding carboxylic acids is 1. The predicted molar refractivity (Wildman–Crippen MR) is 69.7 cm³/mol. The first kappa shape index (κ1) is 12.9. The van der Waals surface area contributed by atoms with Crippen LogP contribution < -0.4 is 5.32 Å². The zero-order valence-electron chi connectivity index (χ0n) is 11.6. The van der Waals surface area contributed by atoms with Crippen LogP contribution in [0, 0.1) is 17.3 Å². The van der Waals surface area contributed by atoms with E-state index in [9.17, 15) is 4.79 Å². The SMILES string of the molecule is CC(C(=O)N1CCCC1C(C)(C)C)C1CNC1. The van der Waals surface area contributed by atoms with Gasteiger partial charge >= 0.3 is 0 Å². The number of likely N-dealkylation sites (tertiary alicyclic amines) is 1. The predicted octanol–water partition coefficient (Wildman–Crippen LogP) is 1.88. The van der Waals surface area contributed by atoms with Gasteiger partial charge in [0, 0.05) is 18.5 Å². The molecule has 17 heavy (non-hydrogen) atoms. The van der Waals surface area contributed by atoms with Gasteiger partial charge in [-0.15, -0.1) is 0 Å². The Kier molecular flexibility index (Phi) is 3.48. The smallest absolute Gasteiger partial charge is 0.226 e. The third-order valence-corrected chi connectivity index (χ3v) is 4.45. The van der Waals surface area contributed by atoms with Crippen LogP contribution in [0.5, 0.6) is 0 Å². The summed E-state index contributed by atoms with van der Waals surface area (Å²) in [5.41, 5.74) is 0.212. The van der Waals surface area contributed by atoms with E-state index < -0.39 is 0 Å². The van der Waals surface area contributed by atoms with Crippen molar-refractivity contribution in [3.05, 3.63) is 0 Å². The Hall–Kier alpha value is -0.570. The van der Waals surface area contributed by atoms with Crippen molar-refractivity contribution < 1.29 is 4.79 Å². The highest BCUT2D eigenvalue weighted by Gasteiger charge is 2.40. The van der Waals surface area contributed by atoms with E-state index in [2.05, 4.69) is 37.9 Å². The minimum atomic E-state index is 0.194. The minimum absolute atomic E-state index is 0.194. The van der Waals surface area contributed by atoms with Crippen molar-refractivity contribution in [2.45, 2.75) is 46.6 Å². The lowest BCUT2D eigenvalue weighted by atomic mass is 9.83. The molecule has 0 spiro atoms. The van der Waals surface area contributed by atoms with Gasteiger partial charge in [0.05, 0.1) is 0 Å². The van der Waals surface area contributed by atoms with Crippen molar-refractivity contribution >= 4 is 5.91 Å². The summed E-state index contributed by atoms with van der Waals surface area (Å²) < 4.78 is 0. The van der Waals surface area contributed by atoms with E-state index in [0.29, 0.717) is 17.9 Å². The Morgan fingerprint density at radius 2 is 2.00 bits per heavy atom. The summed E-state index contributed by atoms with van der Waals surface area (Å²) in [7, 11) is 0. The molecular weight excluding hydrogens is 212 g/mol. The molecule has 0 aromatic heterocycles. The lowest BCUT2D eigenvalue weighted by molar-refractivity contribution is -0.140. The molecule has 2 aliphatic rings. The van der Waals surface area contributed by atoms with Crippen LogP contribution in [-0.4, -0.2) is 36.5 Å². The molecule has 2 heterocycles. The first-order valence-electron chi connectivity index (χ1n) is 6.92. The second-order valence-corrected chi connectivity index (χ2v) is 6.76. The lowest BCUT2D eigenvalue weighted by Crippen LogP contribution is -2.52. The number of hydrogen-bond acceptors (Lipinski definition) is 2. The van der Waals surface area contributed by atoms with Crippen LogP contribution in [0.1, 0.15) is 40.5 Å². The Labute approximate surface area is 105 Å².